The Kier molecular flexibility index (Phi) is 6.82. The Morgan fingerprint density at radius 3 is 2.67 bits per heavy atom. The second-order valence-corrected chi connectivity index (χ2v) is 6.51. The van der Waals surface area contributed by atoms with Crippen LogP contribution >= 0.6 is 0 Å². The summed E-state index contributed by atoms with van der Waals surface area (Å²) < 4.78 is 7.75. The highest BCUT2D eigenvalue weighted by atomic mass is 16.5. The van der Waals surface area contributed by atoms with Gasteiger partial charge in [-0.15, -0.1) is 0 Å². The summed E-state index contributed by atoms with van der Waals surface area (Å²) in [4.78, 5) is 16.5. The Morgan fingerprint density at radius 1 is 1.07 bits per heavy atom. The van der Waals surface area contributed by atoms with Crippen molar-refractivity contribution in [2.75, 3.05) is 11.9 Å². The van der Waals surface area contributed by atoms with Gasteiger partial charge in [0.15, 0.2) is 0 Å². The second kappa shape index (κ2) is 9.73. The number of rotatable bonds is 10. The molecule has 2 aromatic heterocycles. The lowest BCUT2D eigenvalue weighted by atomic mass is 10.1. The number of fused-ring (bicyclic) bond motifs is 1. The number of amides is 1. The lowest BCUT2D eigenvalue weighted by molar-refractivity contribution is -0.116. The zero-order chi connectivity index (χ0) is 18.9. The van der Waals surface area contributed by atoms with Crippen molar-refractivity contribution in [1.82, 2.24) is 9.38 Å². The normalized spacial score (nSPS) is 10.9. The molecule has 0 saturated heterocycles. The predicted octanol–water partition coefficient (Wildman–Crippen LogP) is 3.76. The third kappa shape index (κ3) is 5.82. The van der Waals surface area contributed by atoms with Crippen LogP contribution in [-0.2, 0) is 11.4 Å². The van der Waals surface area contributed by atoms with E-state index in [1.165, 1.54) is 0 Å². The van der Waals surface area contributed by atoms with Gasteiger partial charge in [0.2, 0.25) is 5.91 Å². The maximum absolute atomic E-state index is 11.9. The number of ether oxygens (including phenoxy) is 1. The van der Waals surface area contributed by atoms with Gasteiger partial charge < -0.3 is 20.2 Å². The Morgan fingerprint density at radius 2 is 1.89 bits per heavy atom. The average Bonchev–Trinajstić information content (AvgIpc) is 3.10. The van der Waals surface area contributed by atoms with E-state index in [0.717, 1.165) is 55.0 Å². The molecule has 0 aliphatic rings. The van der Waals surface area contributed by atoms with Crippen molar-refractivity contribution in [3.05, 3.63) is 60.6 Å². The van der Waals surface area contributed by atoms with Gasteiger partial charge in [-0.3, -0.25) is 4.79 Å². The van der Waals surface area contributed by atoms with Crippen molar-refractivity contribution < 1.29 is 9.53 Å². The number of hydrogen-bond acceptors (Lipinski definition) is 4. The monoisotopic (exact) mass is 366 g/mol. The minimum absolute atomic E-state index is 0.0427. The fourth-order valence-corrected chi connectivity index (χ4v) is 2.86. The summed E-state index contributed by atoms with van der Waals surface area (Å²) in [6.07, 6.45) is 8.50. The van der Waals surface area contributed by atoms with Crippen LogP contribution in [0.3, 0.4) is 0 Å². The fourth-order valence-electron chi connectivity index (χ4n) is 2.86. The number of unbranched alkanes of at least 4 members (excludes halogenated alkanes) is 3. The van der Waals surface area contributed by atoms with Gasteiger partial charge in [0.05, 0.1) is 5.69 Å². The highest BCUT2D eigenvalue weighted by molar-refractivity contribution is 5.90. The highest BCUT2D eigenvalue weighted by Crippen LogP contribution is 2.18. The number of anilines is 1. The van der Waals surface area contributed by atoms with E-state index in [-0.39, 0.29) is 5.91 Å². The first-order valence-electron chi connectivity index (χ1n) is 9.40. The first-order valence-corrected chi connectivity index (χ1v) is 9.40. The van der Waals surface area contributed by atoms with E-state index in [2.05, 4.69) is 10.3 Å². The van der Waals surface area contributed by atoms with E-state index in [0.29, 0.717) is 13.0 Å². The Labute approximate surface area is 159 Å². The van der Waals surface area contributed by atoms with E-state index in [1.54, 1.807) is 0 Å². The smallest absolute Gasteiger partial charge is 0.224 e. The maximum atomic E-state index is 11.9. The molecule has 6 heteroatoms. The fraction of sp³-hybridized carbons (Fsp3) is 0.333. The molecule has 0 bridgehead atoms. The van der Waals surface area contributed by atoms with Crippen molar-refractivity contribution in [2.45, 2.75) is 38.7 Å². The molecule has 3 aromatic rings. The van der Waals surface area contributed by atoms with Crippen molar-refractivity contribution in [2.24, 2.45) is 5.73 Å². The van der Waals surface area contributed by atoms with E-state index in [1.807, 2.05) is 59.3 Å². The third-order valence-corrected chi connectivity index (χ3v) is 4.30. The summed E-state index contributed by atoms with van der Waals surface area (Å²) in [5.74, 6) is 0.785. The van der Waals surface area contributed by atoms with Gasteiger partial charge >= 0.3 is 0 Å². The van der Waals surface area contributed by atoms with Crippen LogP contribution in [-0.4, -0.2) is 21.8 Å². The molecule has 1 amide bonds. The SMILES string of the molecule is NCCCCCCC(=O)Nc1ccc(OCc2cn3ccccc3n2)cc1. The minimum Gasteiger partial charge on any atom is -0.487 e. The molecular weight excluding hydrogens is 340 g/mol. The number of hydrogen-bond donors (Lipinski definition) is 2. The summed E-state index contributed by atoms with van der Waals surface area (Å²) in [6, 6.07) is 13.3. The molecule has 6 nitrogen and oxygen atoms in total. The van der Waals surface area contributed by atoms with Gasteiger partial charge in [-0.05, 0) is 55.8 Å². The first-order chi connectivity index (χ1) is 13.2. The molecule has 0 aliphatic heterocycles. The number of nitrogens with one attached hydrogen (secondary N) is 1. The third-order valence-electron chi connectivity index (χ3n) is 4.30. The van der Waals surface area contributed by atoms with Crippen LogP contribution in [0.4, 0.5) is 5.69 Å². The molecule has 0 radical (unpaired) electrons. The molecule has 3 rings (SSSR count). The molecule has 142 valence electrons. The van der Waals surface area contributed by atoms with Crippen LogP contribution in [0.15, 0.2) is 54.9 Å². The summed E-state index contributed by atoms with van der Waals surface area (Å²) in [5.41, 5.74) is 8.01. The number of carbonyl (C=O) groups is 1. The summed E-state index contributed by atoms with van der Waals surface area (Å²) in [5, 5.41) is 2.92. The number of carbonyl (C=O) groups excluding carboxylic acids is 1. The lowest BCUT2D eigenvalue weighted by Gasteiger charge is -2.07. The average molecular weight is 366 g/mol. The molecule has 0 unspecified atom stereocenters. The van der Waals surface area contributed by atoms with Crippen LogP contribution < -0.4 is 15.8 Å². The molecular formula is C21H26N4O2. The van der Waals surface area contributed by atoms with Crippen LogP contribution in [0, 0.1) is 0 Å². The van der Waals surface area contributed by atoms with Crippen LogP contribution in [0.5, 0.6) is 5.75 Å². The van der Waals surface area contributed by atoms with Gasteiger partial charge in [-0.25, -0.2) is 4.98 Å². The largest absolute Gasteiger partial charge is 0.487 e. The summed E-state index contributed by atoms with van der Waals surface area (Å²) in [7, 11) is 0. The molecule has 2 heterocycles. The van der Waals surface area contributed by atoms with E-state index < -0.39 is 0 Å². The van der Waals surface area contributed by atoms with E-state index in [4.69, 9.17) is 10.5 Å². The zero-order valence-electron chi connectivity index (χ0n) is 15.4. The molecule has 1 aromatic carbocycles. The minimum atomic E-state index is 0.0427. The lowest BCUT2D eigenvalue weighted by Crippen LogP contribution is -2.11. The van der Waals surface area contributed by atoms with Crippen LogP contribution in [0.2, 0.25) is 0 Å². The van der Waals surface area contributed by atoms with E-state index >= 15 is 0 Å². The Hall–Kier alpha value is -2.86. The number of benzene rings is 1. The van der Waals surface area contributed by atoms with Gasteiger partial charge in [0.1, 0.15) is 18.0 Å². The maximum Gasteiger partial charge on any atom is 0.224 e. The number of pyridine rings is 1. The number of nitrogens with zero attached hydrogens (tertiary/aromatic N) is 2. The Bertz CT molecular complexity index is 825. The molecule has 27 heavy (non-hydrogen) atoms. The van der Waals surface area contributed by atoms with E-state index in [9.17, 15) is 4.79 Å². The van der Waals surface area contributed by atoms with Gasteiger partial charge in [-0.2, -0.15) is 0 Å². The topological polar surface area (TPSA) is 81.7 Å². The summed E-state index contributed by atoms with van der Waals surface area (Å²) >= 11 is 0. The van der Waals surface area contributed by atoms with Crippen molar-refractivity contribution in [3.8, 4) is 5.75 Å². The standard InChI is InChI=1S/C21H26N4O2/c22-13-5-2-1-3-8-21(26)24-17-9-11-19(12-10-17)27-16-18-15-25-14-6-4-7-20(25)23-18/h4,6-7,9-12,14-15H,1-3,5,8,13,16,22H2,(H,24,26). The number of nitrogens with two attached hydrogens (primary N) is 1. The first kappa shape index (κ1) is 18.9. The predicted molar refractivity (Wildman–Crippen MR) is 107 cm³/mol. The molecule has 0 saturated carbocycles. The van der Waals surface area contributed by atoms with Crippen molar-refractivity contribution in [3.63, 3.8) is 0 Å². The molecule has 3 N–H and O–H groups in total. The molecule has 0 fully saturated rings. The molecule has 0 atom stereocenters. The Balaban J connectivity index is 1.43. The molecule has 0 aliphatic carbocycles. The van der Waals surface area contributed by atoms with Crippen molar-refractivity contribution >= 4 is 17.2 Å². The molecule has 0 spiro atoms. The van der Waals surface area contributed by atoms with Crippen LogP contribution in [0.25, 0.3) is 5.65 Å². The second-order valence-electron chi connectivity index (χ2n) is 6.51. The van der Waals surface area contributed by atoms with Gasteiger partial charge in [0, 0.05) is 24.5 Å². The zero-order valence-corrected chi connectivity index (χ0v) is 15.4. The van der Waals surface area contributed by atoms with Crippen LogP contribution in [0.1, 0.15) is 37.8 Å². The number of imidazole rings is 1. The van der Waals surface area contributed by atoms with Crippen molar-refractivity contribution in [1.29, 1.82) is 0 Å². The van der Waals surface area contributed by atoms with Gasteiger partial charge in [-0.1, -0.05) is 18.9 Å². The number of aromatic nitrogens is 2. The van der Waals surface area contributed by atoms with Gasteiger partial charge in [0.25, 0.3) is 0 Å². The highest BCUT2D eigenvalue weighted by Gasteiger charge is 2.04. The summed E-state index contributed by atoms with van der Waals surface area (Å²) in [6.45, 7) is 1.12. The quantitative estimate of drug-likeness (QED) is 0.535.